The second-order valence-corrected chi connectivity index (χ2v) is 7.83. The Kier molecular flexibility index (Phi) is 4.97. The molecule has 1 aromatic rings. The van der Waals surface area contributed by atoms with E-state index in [4.69, 9.17) is 4.74 Å². The Labute approximate surface area is 166 Å². The normalized spacial score (nSPS) is 22.6. The van der Waals surface area contributed by atoms with Crippen LogP contribution in [-0.2, 0) is 27.4 Å². The van der Waals surface area contributed by atoms with Gasteiger partial charge in [-0.1, -0.05) is 12.1 Å². The number of rotatable bonds is 5. The van der Waals surface area contributed by atoms with Crippen molar-refractivity contribution in [1.29, 1.82) is 0 Å². The van der Waals surface area contributed by atoms with Crippen LogP contribution in [0.3, 0.4) is 0 Å². The first-order valence-corrected chi connectivity index (χ1v) is 9.71. The first-order chi connectivity index (χ1) is 13.8. The molecule has 8 nitrogen and oxygen atoms in total. The molecule has 1 saturated carbocycles. The summed E-state index contributed by atoms with van der Waals surface area (Å²) in [6.45, 7) is 0.189. The number of nitrogens with zero attached hydrogens (tertiary/aromatic N) is 1. The van der Waals surface area contributed by atoms with Crippen LogP contribution < -0.4 is 10.6 Å². The van der Waals surface area contributed by atoms with Crippen molar-refractivity contribution in [3.8, 4) is 0 Å². The second-order valence-electron chi connectivity index (χ2n) is 7.83. The van der Waals surface area contributed by atoms with E-state index < -0.39 is 23.7 Å². The number of amides is 4. The third-order valence-corrected chi connectivity index (χ3v) is 5.74. The van der Waals surface area contributed by atoms with E-state index in [1.54, 1.807) is 18.2 Å². The maximum atomic E-state index is 13.9. The average Bonchev–Trinajstić information content (AvgIpc) is 2.99. The number of nitrogens with one attached hydrogen (secondary N) is 2. The van der Waals surface area contributed by atoms with Gasteiger partial charge in [0, 0.05) is 25.1 Å². The summed E-state index contributed by atoms with van der Waals surface area (Å²) in [6.07, 6.45) is 1.44. The van der Waals surface area contributed by atoms with E-state index in [-0.39, 0.29) is 31.4 Å². The largest absolute Gasteiger partial charge is 0.446 e. The van der Waals surface area contributed by atoms with Crippen molar-refractivity contribution < 1.29 is 28.3 Å². The van der Waals surface area contributed by atoms with Crippen molar-refractivity contribution in [1.82, 2.24) is 15.5 Å². The highest BCUT2D eigenvalue weighted by Crippen LogP contribution is 2.35. The van der Waals surface area contributed by atoms with Crippen molar-refractivity contribution in [2.45, 2.75) is 56.9 Å². The third kappa shape index (κ3) is 3.94. The summed E-state index contributed by atoms with van der Waals surface area (Å²) in [4.78, 5) is 49.4. The minimum Gasteiger partial charge on any atom is -0.446 e. The van der Waals surface area contributed by atoms with Crippen LogP contribution >= 0.6 is 0 Å². The van der Waals surface area contributed by atoms with Crippen molar-refractivity contribution in [2.24, 2.45) is 0 Å². The van der Waals surface area contributed by atoms with Crippen LogP contribution in [-0.4, -0.2) is 47.0 Å². The van der Waals surface area contributed by atoms with Gasteiger partial charge in [0.15, 0.2) is 0 Å². The Bertz CT molecular complexity index is 883. The molecule has 1 aliphatic carbocycles. The van der Waals surface area contributed by atoms with E-state index in [2.05, 4.69) is 10.6 Å². The predicted octanol–water partition coefficient (Wildman–Crippen LogP) is 1.57. The Morgan fingerprint density at radius 3 is 2.79 bits per heavy atom. The van der Waals surface area contributed by atoms with Gasteiger partial charge in [0.25, 0.3) is 5.91 Å². The minimum atomic E-state index is -1.39. The van der Waals surface area contributed by atoms with Gasteiger partial charge in [-0.3, -0.25) is 19.7 Å². The van der Waals surface area contributed by atoms with Crippen LogP contribution in [0.1, 0.15) is 53.6 Å². The molecule has 0 radical (unpaired) electrons. The molecular formula is C20H22FN3O5. The van der Waals surface area contributed by atoms with Gasteiger partial charge in [0.1, 0.15) is 18.3 Å². The number of carbonyl (C=O) groups excluding carboxylic acids is 4. The first-order valence-electron chi connectivity index (χ1n) is 9.71. The van der Waals surface area contributed by atoms with Gasteiger partial charge >= 0.3 is 6.09 Å². The molecule has 0 bridgehead atoms. The third-order valence-electron chi connectivity index (χ3n) is 5.74. The van der Waals surface area contributed by atoms with Crippen molar-refractivity contribution in [2.75, 3.05) is 6.61 Å². The van der Waals surface area contributed by atoms with Crippen LogP contribution in [0.15, 0.2) is 18.2 Å². The second kappa shape index (κ2) is 7.46. The summed E-state index contributed by atoms with van der Waals surface area (Å²) in [7, 11) is 0. The Morgan fingerprint density at radius 1 is 1.31 bits per heavy atom. The summed E-state index contributed by atoms with van der Waals surface area (Å²) in [5, 5.41) is 4.83. The SMILES string of the molecule is O=C1CCC(N2Cc3ccc(CNC(=O)OCC4(F)CCC4)cc3C2=O)C(=O)N1. The van der Waals surface area contributed by atoms with E-state index in [0.717, 1.165) is 12.0 Å². The smallest absolute Gasteiger partial charge is 0.407 e. The van der Waals surface area contributed by atoms with Gasteiger partial charge < -0.3 is 15.0 Å². The number of hydrogen-bond acceptors (Lipinski definition) is 5. The molecule has 1 saturated heterocycles. The molecule has 2 aliphatic heterocycles. The predicted molar refractivity (Wildman–Crippen MR) is 98.4 cm³/mol. The number of hydrogen-bond donors (Lipinski definition) is 2. The summed E-state index contributed by atoms with van der Waals surface area (Å²) < 4.78 is 18.8. The molecule has 29 heavy (non-hydrogen) atoms. The van der Waals surface area contributed by atoms with E-state index in [1.165, 1.54) is 4.90 Å². The molecule has 0 aromatic heterocycles. The number of halogens is 1. The summed E-state index contributed by atoms with van der Waals surface area (Å²) in [5.74, 6) is -1.06. The van der Waals surface area contributed by atoms with Crippen molar-refractivity contribution >= 4 is 23.8 Å². The molecule has 154 valence electrons. The number of benzene rings is 1. The maximum Gasteiger partial charge on any atom is 0.407 e. The number of ether oxygens (including phenoxy) is 1. The van der Waals surface area contributed by atoms with Gasteiger partial charge in [-0.2, -0.15) is 0 Å². The zero-order valence-electron chi connectivity index (χ0n) is 15.8. The fourth-order valence-electron chi connectivity index (χ4n) is 3.84. The van der Waals surface area contributed by atoms with E-state index >= 15 is 0 Å². The topological polar surface area (TPSA) is 105 Å². The van der Waals surface area contributed by atoms with Gasteiger partial charge in [-0.25, -0.2) is 9.18 Å². The number of fused-ring (bicyclic) bond motifs is 1. The standard InChI is InChI=1S/C20H22FN3O5/c21-20(6-1-7-20)11-29-19(28)22-9-12-2-3-13-10-24(18(27)14(13)8-12)15-4-5-16(25)23-17(15)26/h2-3,8,15H,1,4-7,9-11H2,(H,22,28)(H,23,25,26). The maximum absolute atomic E-state index is 13.9. The molecule has 1 aromatic carbocycles. The molecule has 2 N–H and O–H groups in total. The fraction of sp³-hybridized carbons (Fsp3) is 0.500. The van der Waals surface area contributed by atoms with Gasteiger partial charge in [0.2, 0.25) is 11.8 Å². The zero-order valence-corrected chi connectivity index (χ0v) is 15.8. The lowest BCUT2D eigenvalue weighted by Gasteiger charge is -2.32. The number of imide groups is 1. The summed E-state index contributed by atoms with van der Waals surface area (Å²) in [6, 6.07) is 4.57. The summed E-state index contributed by atoms with van der Waals surface area (Å²) >= 11 is 0. The average molecular weight is 403 g/mol. The lowest BCUT2D eigenvalue weighted by Crippen LogP contribution is -2.52. The van der Waals surface area contributed by atoms with E-state index in [9.17, 15) is 23.6 Å². The van der Waals surface area contributed by atoms with E-state index in [0.29, 0.717) is 36.9 Å². The van der Waals surface area contributed by atoms with Gasteiger partial charge in [-0.15, -0.1) is 0 Å². The van der Waals surface area contributed by atoms with Crippen LogP contribution in [0.2, 0.25) is 0 Å². The summed E-state index contributed by atoms with van der Waals surface area (Å²) in [5.41, 5.74) is 0.560. The Morgan fingerprint density at radius 2 is 2.10 bits per heavy atom. The molecule has 1 unspecified atom stereocenters. The lowest BCUT2D eigenvalue weighted by atomic mass is 9.83. The highest BCUT2D eigenvalue weighted by molar-refractivity contribution is 6.05. The molecule has 4 rings (SSSR count). The number of alkyl carbamates (subject to hydrolysis) is 1. The van der Waals surface area contributed by atoms with Crippen LogP contribution in [0.4, 0.5) is 9.18 Å². The van der Waals surface area contributed by atoms with E-state index in [1.807, 2.05) is 0 Å². The quantitative estimate of drug-likeness (QED) is 0.726. The van der Waals surface area contributed by atoms with Gasteiger partial charge in [0.05, 0.1) is 0 Å². The molecule has 1 atom stereocenters. The first kappa shape index (κ1) is 19.4. The van der Waals surface area contributed by atoms with Gasteiger partial charge in [-0.05, 0) is 42.9 Å². The van der Waals surface area contributed by atoms with Crippen molar-refractivity contribution in [3.05, 3.63) is 34.9 Å². The molecule has 3 aliphatic rings. The molecule has 2 heterocycles. The monoisotopic (exact) mass is 403 g/mol. The van der Waals surface area contributed by atoms with Crippen molar-refractivity contribution in [3.63, 3.8) is 0 Å². The fourth-order valence-corrected chi connectivity index (χ4v) is 3.84. The lowest BCUT2D eigenvalue weighted by molar-refractivity contribution is -0.136. The molecule has 4 amide bonds. The highest BCUT2D eigenvalue weighted by Gasteiger charge is 2.39. The van der Waals surface area contributed by atoms with Crippen LogP contribution in [0.25, 0.3) is 0 Å². The highest BCUT2D eigenvalue weighted by atomic mass is 19.1. The Hall–Kier alpha value is -2.97. The zero-order chi connectivity index (χ0) is 20.6. The molecule has 2 fully saturated rings. The number of alkyl halides is 1. The number of piperidine rings is 1. The van der Waals surface area contributed by atoms with Crippen LogP contribution in [0.5, 0.6) is 0 Å². The molecule has 0 spiro atoms. The Balaban J connectivity index is 1.34. The van der Waals surface area contributed by atoms with Crippen LogP contribution in [0, 0.1) is 0 Å². The molecular weight excluding hydrogens is 381 g/mol. The number of carbonyl (C=O) groups is 4. The molecule has 9 heteroatoms. The minimum absolute atomic E-state index is 0.136.